The van der Waals surface area contributed by atoms with E-state index in [1.54, 1.807) is 11.3 Å². The molecule has 1 saturated carbocycles. The van der Waals surface area contributed by atoms with Crippen LogP contribution in [0.15, 0.2) is 16.8 Å². The summed E-state index contributed by atoms with van der Waals surface area (Å²) in [6, 6.07) is 2.71. The monoisotopic (exact) mass is 294 g/mol. The number of hydrogen-bond donors (Lipinski definition) is 2. The first kappa shape index (κ1) is 16.0. The topological polar surface area (TPSA) is 38.0 Å². The lowest BCUT2D eigenvalue weighted by atomic mass is 9.68. The minimum absolute atomic E-state index is 0.466. The lowest BCUT2D eigenvalue weighted by molar-refractivity contribution is 0.130. The van der Waals surface area contributed by atoms with Gasteiger partial charge in [-0.2, -0.15) is 11.3 Å². The van der Waals surface area contributed by atoms with Crippen molar-refractivity contribution in [1.29, 1.82) is 0 Å². The van der Waals surface area contributed by atoms with Gasteiger partial charge < -0.3 is 0 Å². The summed E-state index contributed by atoms with van der Waals surface area (Å²) in [6.45, 7) is 7.15. The summed E-state index contributed by atoms with van der Waals surface area (Å²) in [4.78, 5) is 0. The van der Waals surface area contributed by atoms with Gasteiger partial charge in [-0.15, -0.1) is 0 Å². The Kier molecular flexibility index (Phi) is 5.65. The van der Waals surface area contributed by atoms with Crippen molar-refractivity contribution in [2.45, 2.75) is 65.3 Å². The number of nitrogens with two attached hydrogens (primary N) is 1. The Morgan fingerprint density at radius 3 is 2.50 bits per heavy atom. The van der Waals surface area contributed by atoms with Crippen LogP contribution < -0.4 is 11.3 Å². The predicted molar refractivity (Wildman–Crippen MR) is 88.7 cm³/mol. The molecule has 0 radical (unpaired) electrons. The molecule has 3 N–H and O–H groups in total. The molecule has 1 aromatic heterocycles. The highest BCUT2D eigenvalue weighted by Gasteiger charge is 2.32. The summed E-state index contributed by atoms with van der Waals surface area (Å²) in [6.07, 6.45) is 7.71. The summed E-state index contributed by atoms with van der Waals surface area (Å²) in [5.41, 5.74) is 5.01. The molecule has 0 bridgehead atoms. The molecule has 1 atom stereocenters. The second-order valence-electron chi connectivity index (χ2n) is 7.42. The van der Waals surface area contributed by atoms with Crippen LogP contribution in [0.4, 0.5) is 0 Å². The highest BCUT2D eigenvalue weighted by Crippen LogP contribution is 2.41. The average molecular weight is 295 g/mol. The van der Waals surface area contributed by atoms with Gasteiger partial charge in [-0.05, 0) is 78.2 Å². The van der Waals surface area contributed by atoms with Crippen molar-refractivity contribution in [2.75, 3.05) is 0 Å². The van der Waals surface area contributed by atoms with Crippen molar-refractivity contribution in [3.05, 3.63) is 22.4 Å². The van der Waals surface area contributed by atoms with E-state index >= 15 is 0 Å². The maximum atomic E-state index is 5.82. The van der Waals surface area contributed by atoms with Crippen LogP contribution in [-0.2, 0) is 6.42 Å². The van der Waals surface area contributed by atoms with Gasteiger partial charge in [-0.25, -0.2) is 0 Å². The Morgan fingerprint density at radius 1 is 1.30 bits per heavy atom. The Bertz CT molecular complexity index is 372. The Balaban J connectivity index is 1.81. The first-order valence-electron chi connectivity index (χ1n) is 7.98. The predicted octanol–water partition coefficient (Wildman–Crippen LogP) is 4.37. The number of rotatable bonds is 5. The minimum atomic E-state index is 0.466. The molecule has 20 heavy (non-hydrogen) atoms. The first-order valence-corrected chi connectivity index (χ1v) is 8.92. The van der Waals surface area contributed by atoms with E-state index in [9.17, 15) is 0 Å². The van der Waals surface area contributed by atoms with Crippen LogP contribution in [0.3, 0.4) is 0 Å². The minimum Gasteiger partial charge on any atom is -0.271 e. The highest BCUT2D eigenvalue weighted by atomic mass is 32.1. The maximum Gasteiger partial charge on any atom is 0.0241 e. The van der Waals surface area contributed by atoms with Gasteiger partial charge in [-0.3, -0.25) is 11.3 Å². The van der Waals surface area contributed by atoms with Crippen LogP contribution in [-0.4, -0.2) is 6.04 Å². The molecule has 2 rings (SSSR count). The Labute approximate surface area is 128 Å². The molecule has 1 fully saturated rings. The summed E-state index contributed by atoms with van der Waals surface area (Å²) in [7, 11) is 0. The molecule has 3 heteroatoms. The molecular weight excluding hydrogens is 264 g/mol. The lowest BCUT2D eigenvalue weighted by Crippen LogP contribution is -2.43. The SMILES string of the molecule is CC(C)(C)C1CCC(C(CCc2ccsc2)NN)CC1. The quantitative estimate of drug-likeness (QED) is 0.625. The van der Waals surface area contributed by atoms with Crippen LogP contribution in [0.2, 0.25) is 0 Å². The molecule has 1 aromatic rings. The van der Waals surface area contributed by atoms with Crippen molar-refractivity contribution in [3.63, 3.8) is 0 Å². The summed E-state index contributed by atoms with van der Waals surface area (Å²) < 4.78 is 0. The van der Waals surface area contributed by atoms with E-state index in [-0.39, 0.29) is 0 Å². The van der Waals surface area contributed by atoms with E-state index < -0.39 is 0 Å². The largest absolute Gasteiger partial charge is 0.271 e. The smallest absolute Gasteiger partial charge is 0.0241 e. The van der Waals surface area contributed by atoms with Crippen LogP contribution in [0.1, 0.15) is 58.4 Å². The molecule has 1 aliphatic rings. The number of hydrogen-bond acceptors (Lipinski definition) is 3. The second kappa shape index (κ2) is 7.06. The van der Waals surface area contributed by atoms with Gasteiger partial charge in [0.15, 0.2) is 0 Å². The molecule has 2 nitrogen and oxygen atoms in total. The summed E-state index contributed by atoms with van der Waals surface area (Å²) in [5, 5.41) is 4.42. The average Bonchev–Trinajstić information content (AvgIpc) is 2.92. The second-order valence-corrected chi connectivity index (χ2v) is 8.20. The van der Waals surface area contributed by atoms with Crippen molar-refractivity contribution in [2.24, 2.45) is 23.1 Å². The fourth-order valence-electron chi connectivity index (χ4n) is 3.60. The van der Waals surface area contributed by atoms with E-state index in [2.05, 4.69) is 43.0 Å². The van der Waals surface area contributed by atoms with Gasteiger partial charge in [-0.1, -0.05) is 20.8 Å². The number of aryl methyl sites for hydroxylation is 1. The molecule has 1 unspecified atom stereocenters. The molecule has 0 aliphatic heterocycles. The number of hydrazine groups is 1. The van der Waals surface area contributed by atoms with Gasteiger partial charge in [0.2, 0.25) is 0 Å². The third-order valence-electron chi connectivity index (χ3n) is 5.10. The molecule has 114 valence electrons. The summed E-state index contributed by atoms with van der Waals surface area (Å²) in [5.74, 6) is 7.46. The van der Waals surface area contributed by atoms with Crippen molar-refractivity contribution in [1.82, 2.24) is 5.43 Å². The fourth-order valence-corrected chi connectivity index (χ4v) is 4.30. The number of thiophene rings is 1. The van der Waals surface area contributed by atoms with Crippen molar-refractivity contribution in [3.8, 4) is 0 Å². The zero-order valence-corrected chi connectivity index (χ0v) is 14.0. The van der Waals surface area contributed by atoms with Gasteiger partial charge in [0.25, 0.3) is 0 Å². The van der Waals surface area contributed by atoms with Crippen molar-refractivity contribution < 1.29 is 0 Å². The molecule has 0 aromatic carbocycles. The zero-order chi connectivity index (χ0) is 14.6. The zero-order valence-electron chi connectivity index (χ0n) is 13.2. The standard InChI is InChI=1S/C17H30N2S/c1-17(2,3)15-7-5-14(6-8-15)16(19-18)9-4-13-10-11-20-12-13/h10-12,14-16,19H,4-9,18H2,1-3H3. The normalized spacial score (nSPS) is 25.6. The summed E-state index contributed by atoms with van der Waals surface area (Å²) >= 11 is 1.79. The lowest BCUT2D eigenvalue weighted by Gasteiger charge is -2.39. The Hall–Kier alpha value is -0.380. The Morgan fingerprint density at radius 2 is 2.00 bits per heavy atom. The first-order chi connectivity index (χ1) is 9.50. The van der Waals surface area contributed by atoms with Crippen LogP contribution in [0, 0.1) is 17.3 Å². The third kappa shape index (κ3) is 4.31. The molecular formula is C17H30N2S. The van der Waals surface area contributed by atoms with Crippen LogP contribution in [0.25, 0.3) is 0 Å². The van der Waals surface area contributed by atoms with Crippen LogP contribution in [0.5, 0.6) is 0 Å². The highest BCUT2D eigenvalue weighted by molar-refractivity contribution is 7.07. The molecule has 0 amide bonds. The van der Waals surface area contributed by atoms with E-state index in [4.69, 9.17) is 5.84 Å². The molecule has 1 aliphatic carbocycles. The van der Waals surface area contributed by atoms with E-state index in [0.717, 1.165) is 24.7 Å². The molecule has 0 spiro atoms. The number of nitrogens with one attached hydrogen (secondary N) is 1. The van der Waals surface area contributed by atoms with Crippen molar-refractivity contribution >= 4 is 11.3 Å². The van der Waals surface area contributed by atoms with Gasteiger partial charge in [0.05, 0.1) is 0 Å². The van der Waals surface area contributed by atoms with E-state index in [0.29, 0.717) is 11.5 Å². The third-order valence-corrected chi connectivity index (χ3v) is 5.84. The molecule has 0 saturated heterocycles. The van der Waals surface area contributed by atoms with Gasteiger partial charge in [0.1, 0.15) is 0 Å². The van der Waals surface area contributed by atoms with E-state index in [1.165, 1.54) is 31.2 Å². The van der Waals surface area contributed by atoms with Gasteiger partial charge in [0, 0.05) is 6.04 Å². The molecule has 1 heterocycles. The van der Waals surface area contributed by atoms with E-state index in [1.807, 2.05) is 0 Å². The maximum absolute atomic E-state index is 5.82. The fraction of sp³-hybridized carbons (Fsp3) is 0.765. The van der Waals surface area contributed by atoms with Crippen LogP contribution >= 0.6 is 11.3 Å². The van der Waals surface area contributed by atoms with Gasteiger partial charge >= 0.3 is 0 Å².